The van der Waals surface area contributed by atoms with Crippen LogP contribution in [0.15, 0.2) is 36.4 Å². The highest BCUT2D eigenvalue weighted by molar-refractivity contribution is 7.22. The van der Waals surface area contributed by atoms with E-state index in [-0.39, 0.29) is 5.91 Å². The molecule has 3 rings (SSSR count). The van der Waals surface area contributed by atoms with Crippen molar-refractivity contribution >= 4 is 32.6 Å². The maximum absolute atomic E-state index is 13.4. The predicted octanol–water partition coefficient (Wildman–Crippen LogP) is 4.52. The summed E-state index contributed by atoms with van der Waals surface area (Å²) in [7, 11) is 5.72. The molecule has 0 saturated carbocycles. The molecule has 1 aromatic heterocycles. The van der Waals surface area contributed by atoms with Gasteiger partial charge in [-0.3, -0.25) is 9.69 Å². The van der Waals surface area contributed by atoms with E-state index in [1.807, 2.05) is 57.4 Å². The Morgan fingerprint density at radius 2 is 1.89 bits per heavy atom. The first kappa shape index (κ1) is 20.3. The molecule has 5 nitrogen and oxygen atoms in total. The summed E-state index contributed by atoms with van der Waals surface area (Å²) < 4.78 is 6.45. The zero-order valence-electron chi connectivity index (χ0n) is 17.2. The maximum atomic E-state index is 13.4. The fourth-order valence-corrected chi connectivity index (χ4v) is 4.06. The average molecular weight is 398 g/mol. The van der Waals surface area contributed by atoms with Gasteiger partial charge >= 0.3 is 0 Å². The normalized spacial score (nSPS) is 11.2. The Bertz CT molecular complexity index is 981. The lowest BCUT2D eigenvalue weighted by Crippen LogP contribution is -2.33. The van der Waals surface area contributed by atoms with Gasteiger partial charge in [0, 0.05) is 12.1 Å². The van der Waals surface area contributed by atoms with Crippen LogP contribution in [0.4, 0.5) is 5.13 Å². The van der Waals surface area contributed by atoms with E-state index in [1.165, 1.54) is 16.9 Å². The summed E-state index contributed by atoms with van der Waals surface area (Å²) in [6.45, 7) is 5.61. The number of fused-ring (bicyclic) bond motifs is 1. The molecule has 1 heterocycles. The fourth-order valence-electron chi connectivity index (χ4n) is 3.05. The van der Waals surface area contributed by atoms with Gasteiger partial charge in [0.15, 0.2) is 5.13 Å². The van der Waals surface area contributed by atoms with Crippen LogP contribution in [0.1, 0.15) is 27.9 Å². The number of carbonyl (C=O) groups excluding carboxylic acids is 1. The van der Waals surface area contributed by atoms with E-state index < -0.39 is 0 Å². The molecule has 3 aromatic rings. The van der Waals surface area contributed by atoms with Crippen molar-refractivity contribution in [1.29, 1.82) is 0 Å². The number of para-hydroxylation sites is 1. The molecular weight excluding hydrogens is 370 g/mol. The Balaban J connectivity index is 1.98. The minimum absolute atomic E-state index is 0.0140. The van der Waals surface area contributed by atoms with E-state index in [4.69, 9.17) is 9.72 Å². The summed E-state index contributed by atoms with van der Waals surface area (Å²) in [6, 6.07) is 11.7. The molecule has 0 aliphatic carbocycles. The van der Waals surface area contributed by atoms with E-state index in [1.54, 1.807) is 12.0 Å². The molecule has 2 aromatic carbocycles. The Hall–Kier alpha value is -2.44. The number of carbonyl (C=O) groups is 1. The second-order valence-electron chi connectivity index (χ2n) is 7.22. The SMILES string of the molecule is COc1cccc2sc(N(CCCN(C)C)C(=O)c3ccc(C)c(C)c3)nc12. The molecule has 0 atom stereocenters. The van der Waals surface area contributed by atoms with Crippen molar-refractivity contribution < 1.29 is 9.53 Å². The zero-order chi connectivity index (χ0) is 20.3. The van der Waals surface area contributed by atoms with E-state index in [0.717, 1.165) is 34.5 Å². The molecule has 0 aliphatic rings. The molecule has 0 spiro atoms. The topological polar surface area (TPSA) is 45.7 Å². The van der Waals surface area contributed by atoms with Gasteiger partial charge in [-0.1, -0.05) is 23.5 Å². The van der Waals surface area contributed by atoms with Crippen LogP contribution in [0.5, 0.6) is 5.75 Å². The molecule has 0 N–H and O–H groups in total. The molecule has 0 aliphatic heterocycles. The zero-order valence-corrected chi connectivity index (χ0v) is 18.0. The molecule has 6 heteroatoms. The molecule has 0 saturated heterocycles. The third-order valence-electron chi connectivity index (χ3n) is 4.81. The first-order valence-corrected chi connectivity index (χ1v) is 10.2. The van der Waals surface area contributed by atoms with Crippen molar-refractivity contribution in [2.75, 3.05) is 39.2 Å². The van der Waals surface area contributed by atoms with Gasteiger partial charge in [0.2, 0.25) is 0 Å². The smallest absolute Gasteiger partial charge is 0.260 e. The number of anilines is 1. The highest BCUT2D eigenvalue weighted by Gasteiger charge is 2.22. The van der Waals surface area contributed by atoms with Gasteiger partial charge in [-0.05, 0) is 76.3 Å². The lowest BCUT2D eigenvalue weighted by Gasteiger charge is -2.21. The van der Waals surface area contributed by atoms with Gasteiger partial charge in [-0.2, -0.15) is 0 Å². The van der Waals surface area contributed by atoms with E-state index in [9.17, 15) is 4.79 Å². The van der Waals surface area contributed by atoms with Crippen molar-refractivity contribution in [1.82, 2.24) is 9.88 Å². The number of ether oxygens (including phenoxy) is 1. The van der Waals surface area contributed by atoms with Crippen LogP contribution in [-0.4, -0.2) is 50.1 Å². The first-order chi connectivity index (χ1) is 13.4. The summed E-state index contributed by atoms with van der Waals surface area (Å²) in [5, 5.41) is 0.710. The van der Waals surface area contributed by atoms with Crippen LogP contribution in [-0.2, 0) is 0 Å². The third kappa shape index (κ3) is 4.34. The Kier molecular flexibility index (Phi) is 6.31. The van der Waals surface area contributed by atoms with Gasteiger partial charge in [0.05, 0.1) is 11.8 Å². The number of rotatable bonds is 7. The summed E-state index contributed by atoms with van der Waals surface area (Å²) in [6.07, 6.45) is 0.872. The highest BCUT2D eigenvalue weighted by atomic mass is 32.1. The van der Waals surface area contributed by atoms with Crippen LogP contribution in [0.3, 0.4) is 0 Å². The van der Waals surface area contributed by atoms with Gasteiger partial charge in [-0.15, -0.1) is 0 Å². The quantitative estimate of drug-likeness (QED) is 0.588. The van der Waals surface area contributed by atoms with Gasteiger partial charge in [0.1, 0.15) is 11.3 Å². The van der Waals surface area contributed by atoms with Crippen LogP contribution >= 0.6 is 11.3 Å². The number of benzene rings is 2. The van der Waals surface area contributed by atoms with Gasteiger partial charge < -0.3 is 9.64 Å². The average Bonchev–Trinajstić information content (AvgIpc) is 3.10. The maximum Gasteiger partial charge on any atom is 0.260 e. The van der Waals surface area contributed by atoms with Crippen LogP contribution in [0.2, 0.25) is 0 Å². The first-order valence-electron chi connectivity index (χ1n) is 9.38. The summed E-state index contributed by atoms with van der Waals surface area (Å²) in [5.74, 6) is 0.715. The number of nitrogens with zero attached hydrogens (tertiary/aromatic N) is 3. The van der Waals surface area contributed by atoms with Crippen molar-refractivity contribution in [3.05, 3.63) is 53.1 Å². The van der Waals surface area contributed by atoms with Crippen molar-refractivity contribution in [3.63, 3.8) is 0 Å². The van der Waals surface area contributed by atoms with E-state index in [0.29, 0.717) is 17.2 Å². The number of amides is 1. The highest BCUT2D eigenvalue weighted by Crippen LogP contribution is 2.34. The predicted molar refractivity (Wildman–Crippen MR) is 117 cm³/mol. The molecular formula is C22H27N3O2S. The Morgan fingerprint density at radius 3 is 2.57 bits per heavy atom. The fraction of sp³-hybridized carbons (Fsp3) is 0.364. The van der Waals surface area contributed by atoms with Crippen molar-refractivity contribution in [3.8, 4) is 5.75 Å². The van der Waals surface area contributed by atoms with Gasteiger partial charge in [-0.25, -0.2) is 4.98 Å². The Labute approximate surface area is 170 Å². The molecule has 1 amide bonds. The van der Waals surface area contributed by atoms with Crippen molar-refractivity contribution in [2.45, 2.75) is 20.3 Å². The number of aryl methyl sites for hydroxylation is 2. The number of methoxy groups -OCH3 is 1. The number of thiazole rings is 1. The van der Waals surface area contributed by atoms with E-state index in [2.05, 4.69) is 11.8 Å². The molecule has 0 fully saturated rings. The minimum atomic E-state index is -0.0140. The largest absolute Gasteiger partial charge is 0.494 e. The summed E-state index contributed by atoms with van der Waals surface area (Å²) in [5.41, 5.74) is 3.79. The van der Waals surface area contributed by atoms with Crippen LogP contribution in [0.25, 0.3) is 10.2 Å². The standard InChI is InChI=1S/C22H27N3O2S/c1-15-10-11-17(14-16(15)2)21(26)25(13-7-12-24(3)4)22-23-20-18(27-5)8-6-9-19(20)28-22/h6,8-11,14H,7,12-13H2,1-5H3. The number of aromatic nitrogens is 1. The lowest BCUT2D eigenvalue weighted by atomic mass is 10.1. The second kappa shape index (κ2) is 8.71. The summed E-state index contributed by atoms with van der Waals surface area (Å²) in [4.78, 5) is 22.0. The van der Waals surface area contributed by atoms with Gasteiger partial charge in [0.25, 0.3) is 5.91 Å². The minimum Gasteiger partial charge on any atom is -0.494 e. The molecule has 0 radical (unpaired) electrons. The molecule has 28 heavy (non-hydrogen) atoms. The lowest BCUT2D eigenvalue weighted by molar-refractivity contribution is 0.0986. The Morgan fingerprint density at radius 1 is 1.11 bits per heavy atom. The van der Waals surface area contributed by atoms with Crippen LogP contribution < -0.4 is 9.64 Å². The van der Waals surface area contributed by atoms with Crippen LogP contribution in [0, 0.1) is 13.8 Å². The summed E-state index contributed by atoms with van der Waals surface area (Å²) >= 11 is 1.52. The third-order valence-corrected chi connectivity index (χ3v) is 5.85. The van der Waals surface area contributed by atoms with E-state index >= 15 is 0 Å². The second-order valence-corrected chi connectivity index (χ2v) is 8.23. The molecule has 0 bridgehead atoms. The molecule has 148 valence electrons. The monoisotopic (exact) mass is 397 g/mol. The molecule has 0 unspecified atom stereocenters. The van der Waals surface area contributed by atoms with Crippen molar-refractivity contribution in [2.24, 2.45) is 0 Å². The number of hydrogen-bond acceptors (Lipinski definition) is 5. The number of hydrogen-bond donors (Lipinski definition) is 0.